The molecule has 2 rings (SSSR count). The summed E-state index contributed by atoms with van der Waals surface area (Å²) in [6, 6.07) is 5.86. The highest BCUT2D eigenvalue weighted by molar-refractivity contribution is 6.32. The highest BCUT2D eigenvalue weighted by Crippen LogP contribution is 2.24. The summed E-state index contributed by atoms with van der Waals surface area (Å²) in [7, 11) is 0. The minimum Gasteiger partial charge on any atom is -0.478 e. The van der Waals surface area contributed by atoms with Crippen LogP contribution in [0.3, 0.4) is 0 Å². The Labute approximate surface area is 110 Å². The standard InChI is InChI=1S/C13H13ClN2O2/c1-7-4-8(2)6-10(5-7)16-12(14)11(13(17)18)9(3)15-16/h4-6H,1-3H3,(H,17,18). The number of aromatic nitrogens is 2. The zero-order valence-electron chi connectivity index (χ0n) is 10.4. The maximum absolute atomic E-state index is 11.1. The van der Waals surface area contributed by atoms with Gasteiger partial charge in [-0.2, -0.15) is 5.10 Å². The average molecular weight is 265 g/mol. The molecule has 2 aromatic rings. The molecule has 18 heavy (non-hydrogen) atoms. The van der Waals surface area contributed by atoms with Crippen LogP contribution in [0.2, 0.25) is 5.15 Å². The van der Waals surface area contributed by atoms with Crippen molar-refractivity contribution in [1.29, 1.82) is 0 Å². The van der Waals surface area contributed by atoms with Gasteiger partial charge in [-0.1, -0.05) is 17.7 Å². The molecule has 0 aliphatic heterocycles. The molecule has 0 amide bonds. The summed E-state index contributed by atoms with van der Waals surface area (Å²) in [5, 5.41) is 13.4. The molecule has 4 nitrogen and oxygen atoms in total. The molecule has 0 saturated heterocycles. The van der Waals surface area contributed by atoms with Gasteiger partial charge in [-0.15, -0.1) is 0 Å². The van der Waals surface area contributed by atoms with Gasteiger partial charge in [0.15, 0.2) is 0 Å². The number of hydrogen-bond donors (Lipinski definition) is 1. The minimum absolute atomic E-state index is 0.0517. The topological polar surface area (TPSA) is 55.1 Å². The number of carbonyl (C=O) groups is 1. The number of carboxylic acids is 1. The minimum atomic E-state index is -1.06. The SMILES string of the molecule is Cc1cc(C)cc(-n2nc(C)c(C(=O)O)c2Cl)c1. The van der Waals surface area contributed by atoms with E-state index in [9.17, 15) is 4.79 Å². The van der Waals surface area contributed by atoms with Crippen LogP contribution in [0.15, 0.2) is 18.2 Å². The quantitative estimate of drug-likeness (QED) is 0.907. The Hall–Kier alpha value is -1.81. The van der Waals surface area contributed by atoms with Gasteiger partial charge >= 0.3 is 5.97 Å². The molecular formula is C13H13ClN2O2. The van der Waals surface area contributed by atoms with E-state index in [-0.39, 0.29) is 10.7 Å². The molecule has 1 aromatic carbocycles. The lowest BCUT2D eigenvalue weighted by molar-refractivity contribution is 0.0696. The third-order valence-corrected chi connectivity index (χ3v) is 3.02. The summed E-state index contributed by atoms with van der Waals surface area (Å²) < 4.78 is 1.46. The van der Waals surface area contributed by atoms with E-state index in [2.05, 4.69) is 5.10 Å². The van der Waals surface area contributed by atoms with Crippen LogP contribution in [-0.2, 0) is 0 Å². The van der Waals surface area contributed by atoms with Crippen molar-refractivity contribution in [2.75, 3.05) is 0 Å². The lowest BCUT2D eigenvalue weighted by atomic mass is 10.1. The molecule has 0 aliphatic rings. The molecule has 1 aromatic heterocycles. The summed E-state index contributed by atoms with van der Waals surface area (Å²) in [4.78, 5) is 11.1. The maximum Gasteiger partial charge on any atom is 0.340 e. The summed E-state index contributed by atoms with van der Waals surface area (Å²) >= 11 is 6.08. The summed E-state index contributed by atoms with van der Waals surface area (Å²) in [5.74, 6) is -1.06. The number of hydrogen-bond acceptors (Lipinski definition) is 2. The molecule has 5 heteroatoms. The zero-order valence-corrected chi connectivity index (χ0v) is 11.1. The predicted molar refractivity (Wildman–Crippen MR) is 69.7 cm³/mol. The van der Waals surface area contributed by atoms with Crippen LogP contribution in [0.5, 0.6) is 0 Å². The number of rotatable bonds is 2. The first-order valence-corrected chi connectivity index (χ1v) is 5.85. The van der Waals surface area contributed by atoms with E-state index in [1.165, 1.54) is 4.68 Å². The molecule has 0 radical (unpaired) electrons. The van der Waals surface area contributed by atoms with Crippen molar-refractivity contribution >= 4 is 17.6 Å². The Balaban J connectivity index is 2.65. The second-order valence-electron chi connectivity index (χ2n) is 4.31. The van der Waals surface area contributed by atoms with Crippen LogP contribution in [0.4, 0.5) is 0 Å². The Morgan fingerprint density at radius 1 is 1.22 bits per heavy atom. The van der Waals surface area contributed by atoms with E-state index >= 15 is 0 Å². The first-order valence-electron chi connectivity index (χ1n) is 5.47. The van der Waals surface area contributed by atoms with Gasteiger partial charge in [0.25, 0.3) is 0 Å². The van der Waals surface area contributed by atoms with Gasteiger partial charge in [0, 0.05) is 0 Å². The van der Waals surface area contributed by atoms with Gasteiger partial charge in [-0.3, -0.25) is 0 Å². The lowest BCUT2D eigenvalue weighted by Crippen LogP contribution is -2.00. The van der Waals surface area contributed by atoms with Crippen LogP contribution < -0.4 is 0 Å². The second kappa shape index (κ2) is 4.46. The fourth-order valence-electron chi connectivity index (χ4n) is 1.99. The molecule has 1 N–H and O–H groups in total. The monoisotopic (exact) mass is 264 g/mol. The van der Waals surface area contributed by atoms with Gasteiger partial charge < -0.3 is 5.11 Å². The summed E-state index contributed by atoms with van der Waals surface area (Å²) in [6.07, 6.45) is 0. The number of nitrogens with zero attached hydrogens (tertiary/aromatic N) is 2. The lowest BCUT2D eigenvalue weighted by Gasteiger charge is -2.06. The summed E-state index contributed by atoms with van der Waals surface area (Å²) in [6.45, 7) is 5.58. The Morgan fingerprint density at radius 3 is 2.22 bits per heavy atom. The fourth-order valence-corrected chi connectivity index (χ4v) is 2.34. The molecule has 0 saturated carbocycles. The van der Waals surface area contributed by atoms with Crippen molar-refractivity contribution in [2.45, 2.75) is 20.8 Å². The fraction of sp³-hybridized carbons (Fsp3) is 0.231. The molecular weight excluding hydrogens is 252 g/mol. The van der Waals surface area contributed by atoms with Crippen LogP contribution in [0.25, 0.3) is 5.69 Å². The molecule has 94 valence electrons. The number of carboxylic acid groups (broad SMARTS) is 1. The van der Waals surface area contributed by atoms with E-state index in [4.69, 9.17) is 16.7 Å². The van der Waals surface area contributed by atoms with Crippen molar-refractivity contribution in [2.24, 2.45) is 0 Å². The van der Waals surface area contributed by atoms with Gasteiger partial charge in [0.05, 0.1) is 11.4 Å². The van der Waals surface area contributed by atoms with E-state index in [1.54, 1.807) is 6.92 Å². The maximum atomic E-state index is 11.1. The first-order chi connectivity index (χ1) is 8.40. The average Bonchev–Trinajstić information content (AvgIpc) is 2.52. The molecule has 0 fully saturated rings. The van der Waals surface area contributed by atoms with E-state index in [0.29, 0.717) is 5.69 Å². The van der Waals surface area contributed by atoms with Crippen molar-refractivity contribution in [3.05, 3.63) is 45.7 Å². The molecule has 0 aliphatic carbocycles. The van der Waals surface area contributed by atoms with Crippen molar-refractivity contribution in [3.8, 4) is 5.69 Å². The van der Waals surface area contributed by atoms with Crippen LogP contribution in [0.1, 0.15) is 27.2 Å². The first kappa shape index (κ1) is 12.6. The molecule has 1 heterocycles. The normalized spacial score (nSPS) is 10.7. The summed E-state index contributed by atoms with van der Waals surface area (Å²) in [5.41, 5.74) is 3.38. The Kier molecular flexibility index (Phi) is 3.13. The van der Waals surface area contributed by atoms with E-state index in [0.717, 1.165) is 16.8 Å². The molecule has 0 bridgehead atoms. The molecule has 0 unspecified atom stereocenters. The number of aromatic carboxylic acids is 1. The van der Waals surface area contributed by atoms with Gasteiger partial charge in [-0.25, -0.2) is 9.48 Å². The van der Waals surface area contributed by atoms with Gasteiger partial charge in [-0.05, 0) is 44.0 Å². The van der Waals surface area contributed by atoms with Gasteiger partial charge in [0.2, 0.25) is 0 Å². The van der Waals surface area contributed by atoms with Crippen molar-refractivity contribution < 1.29 is 9.90 Å². The highest BCUT2D eigenvalue weighted by atomic mass is 35.5. The predicted octanol–water partition coefficient (Wildman–Crippen LogP) is 3.15. The van der Waals surface area contributed by atoms with Crippen LogP contribution in [-0.4, -0.2) is 20.9 Å². The second-order valence-corrected chi connectivity index (χ2v) is 4.67. The van der Waals surface area contributed by atoms with Crippen molar-refractivity contribution in [1.82, 2.24) is 9.78 Å². The van der Waals surface area contributed by atoms with Crippen LogP contribution >= 0.6 is 11.6 Å². The molecule has 0 spiro atoms. The van der Waals surface area contributed by atoms with Gasteiger partial charge in [0.1, 0.15) is 10.7 Å². The number of aryl methyl sites for hydroxylation is 3. The Morgan fingerprint density at radius 2 is 1.78 bits per heavy atom. The highest BCUT2D eigenvalue weighted by Gasteiger charge is 2.20. The number of halogens is 1. The van der Waals surface area contributed by atoms with E-state index < -0.39 is 5.97 Å². The molecule has 0 atom stereocenters. The third-order valence-electron chi connectivity index (χ3n) is 2.67. The largest absolute Gasteiger partial charge is 0.478 e. The van der Waals surface area contributed by atoms with Crippen LogP contribution in [0, 0.1) is 20.8 Å². The van der Waals surface area contributed by atoms with Crippen molar-refractivity contribution in [3.63, 3.8) is 0 Å². The van der Waals surface area contributed by atoms with E-state index in [1.807, 2.05) is 32.0 Å². The number of benzene rings is 1. The third kappa shape index (κ3) is 2.11. The zero-order chi connectivity index (χ0) is 13.4. The Bertz CT molecular complexity index is 612. The smallest absolute Gasteiger partial charge is 0.340 e.